The second-order valence-corrected chi connectivity index (χ2v) is 10.9. The van der Waals surface area contributed by atoms with Gasteiger partial charge in [-0.1, -0.05) is 71.6 Å². The highest BCUT2D eigenvalue weighted by Crippen LogP contribution is 2.17. The molecule has 0 aliphatic heterocycles. The number of rotatable bonds is 18. The molecule has 0 saturated carbocycles. The van der Waals surface area contributed by atoms with Crippen LogP contribution in [0.2, 0.25) is 6.04 Å². The number of aliphatic hydroxyl groups excluding tert-OH is 2. The predicted molar refractivity (Wildman–Crippen MR) is 154 cm³/mol. The molecule has 0 saturated heterocycles. The van der Waals surface area contributed by atoms with Gasteiger partial charge in [0.15, 0.2) is 0 Å². The molecule has 0 rings (SSSR count). The second kappa shape index (κ2) is 32.9. The van der Waals surface area contributed by atoms with Crippen LogP contribution in [-0.4, -0.2) is 60.3 Å². The maximum atomic E-state index is 10.2. The van der Waals surface area contributed by atoms with Gasteiger partial charge >= 0.3 is 14.8 Å². The Morgan fingerprint density at radius 1 is 0.657 bits per heavy atom. The van der Waals surface area contributed by atoms with E-state index in [9.17, 15) is 4.79 Å². The van der Waals surface area contributed by atoms with Gasteiger partial charge in [-0.3, -0.25) is 4.79 Å². The molecule has 0 aliphatic carbocycles. The molecule has 35 heavy (non-hydrogen) atoms. The third kappa shape index (κ3) is 46.9. The first kappa shape index (κ1) is 41.1. The minimum atomic E-state index is -2.30. The fourth-order valence-corrected chi connectivity index (χ4v) is 5.51. The highest BCUT2D eigenvalue weighted by molar-refractivity contribution is 7.80. The van der Waals surface area contributed by atoms with Crippen molar-refractivity contribution in [3.05, 3.63) is 0 Å². The van der Waals surface area contributed by atoms with Gasteiger partial charge in [0.25, 0.3) is 10.3 Å². The molecule has 0 heterocycles. The summed E-state index contributed by atoms with van der Waals surface area (Å²) in [5.41, 5.74) is 8.80. The number of carboxylic acids is 1. The van der Waals surface area contributed by atoms with Crippen molar-refractivity contribution in [1.82, 2.24) is 0 Å². The van der Waals surface area contributed by atoms with Gasteiger partial charge in [0.1, 0.15) is 0 Å². The molecular formula is C23H52N2O7S2Si. The van der Waals surface area contributed by atoms with Gasteiger partial charge in [-0.15, -0.1) is 0 Å². The monoisotopic (exact) mass is 560 g/mol. The summed E-state index contributed by atoms with van der Waals surface area (Å²) in [7, 11) is -2.30. The van der Waals surface area contributed by atoms with Crippen molar-refractivity contribution in [3.8, 4) is 0 Å². The van der Waals surface area contributed by atoms with E-state index in [1.54, 1.807) is 0 Å². The Hall–Kier alpha value is -1.05. The van der Waals surface area contributed by atoms with Gasteiger partial charge in [-0.05, 0) is 51.6 Å². The molecule has 7 N–H and O–H groups in total. The fourth-order valence-electron chi connectivity index (χ4n) is 2.89. The number of thiocarbonyl (C=S) groups is 2. The normalized spacial score (nSPS) is 9.97. The number of aliphatic carboxylic acids is 1. The first-order valence-corrected chi connectivity index (χ1v) is 15.3. The van der Waals surface area contributed by atoms with Crippen LogP contribution in [-0.2, 0) is 18.1 Å². The minimum Gasteiger partial charge on any atom is -0.487 e. The molecule has 0 bridgehead atoms. The zero-order valence-electron chi connectivity index (χ0n) is 22.6. The Morgan fingerprint density at radius 2 is 0.971 bits per heavy atom. The van der Waals surface area contributed by atoms with E-state index in [2.05, 4.69) is 49.8 Å². The zero-order chi connectivity index (χ0) is 28.0. The van der Waals surface area contributed by atoms with E-state index >= 15 is 0 Å². The van der Waals surface area contributed by atoms with E-state index in [-0.39, 0.29) is 0 Å². The molecule has 0 aromatic rings. The summed E-state index contributed by atoms with van der Waals surface area (Å²) in [5.74, 6) is -0.659. The molecule has 0 spiro atoms. The average Bonchev–Trinajstić information content (AvgIpc) is 2.73. The number of hydrogen-bond acceptors (Lipinski definition) is 6. The van der Waals surface area contributed by atoms with E-state index < -0.39 is 25.1 Å². The SMILES string of the molecule is CCCCCCCCCCCC(=O)O.CCC[Si](OCC)(OCC)OCC.NC(O)=S.NC(O)=S. The third-order valence-corrected chi connectivity index (χ3v) is 7.44. The van der Waals surface area contributed by atoms with Crippen LogP contribution in [0.5, 0.6) is 0 Å². The Labute approximate surface area is 225 Å². The van der Waals surface area contributed by atoms with Crippen LogP contribution >= 0.6 is 24.4 Å². The van der Waals surface area contributed by atoms with Gasteiger partial charge in [0.2, 0.25) is 0 Å². The molecule has 212 valence electrons. The highest BCUT2D eigenvalue weighted by Gasteiger charge is 2.38. The second-order valence-electron chi connectivity index (χ2n) is 7.38. The molecule has 0 amide bonds. The van der Waals surface area contributed by atoms with Gasteiger partial charge in [-0.2, -0.15) is 0 Å². The summed E-state index contributed by atoms with van der Waals surface area (Å²) in [5, 5.41) is 22.5. The molecule has 0 aromatic carbocycles. The number of carboxylic acid groups (broad SMARTS) is 1. The number of unbranched alkanes of at least 4 members (excludes halogenated alkanes) is 8. The molecule has 9 nitrogen and oxygen atoms in total. The molecule has 0 aliphatic rings. The van der Waals surface area contributed by atoms with Crippen LogP contribution in [0.4, 0.5) is 0 Å². The van der Waals surface area contributed by atoms with Crippen LogP contribution in [0.25, 0.3) is 0 Å². The van der Waals surface area contributed by atoms with E-state index in [0.29, 0.717) is 26.2 Å². The number of carbonyl (C=O) groups is 1. The molecule has 0 atom stereocenters. The van der Waals surface area contributed by atoms with Crippen LogP contribution in [0.3, 0.4) is 0 Å². The molecule has 0 radical (unpaired) electrons. The lowest BCUT2D eigenvalue weighted by Crippen LogP contribution is -2.45. The van der Waals surface area contributed by atoms with Gasteiger partial charge in [0, 0.05) is 32.3 Å². The van der Waals surface area contributed by atoms with Crippen molar-refractivity contribution in [1.29, 1.82) is 0 Å². The first-order valence-electron chi connectivity index (χ1n) is 12.6. The van der Waals surface area contributed by atoms with E-state index in [0.717, 1.165) is 25.3 Å². The smallest absolute Gasteiger partial charge is 0.487 e. The Bertz CT molecular complexity index is 441. The average molecular weight is 561 g/mol. The van der Waals surface area contributed by atoms with Crippen LogP contribution in [0.15, 0.2) is 0 Å². The van der Waals surface area contributed by atoms with Crippen molar-refractivity contribution in [3.63, 3.8) is 0 Å². The van der Waals surface area contributed by atoms with Crippen molar-refractivity contribution in [2.45, 2.75) is 111 Å². The molecule has 0 unspecified atom stereocenters. The standard InChI is InChI=1S/C12H24O2.C9H22O3Si.2CH3NOS/c1-2-3-4-5-6-7-8-9-10-11-12(13)14;1-5-9-13(10-6-2,11-7-3)12-8-4;2*2-1(3)4/h2-11H2,1H3,(H,13,14);5-9H2,1-4H3;2*(H3,2,3,4). The largest absolute Gasteiger partial charge is 0.500 e. The van der Waals surface area contributed by atoms with E-state index in [1.165, 1.54) is 44.9 Å². The summed E-state index contributed by atoms with van der Waals surface area (Å²) in [6, 6.07) is 0.919. The van der Waals surface area contributed by atoms with Gasteiger partial charge < -0.3 is 40.1 Å². The highest BCUT2D eigenvalue weighted by atomic mass is 32.1. The number of nitrogens with two attached hydrogens (primary N) is 2. The van der Waals surface area contributed by atoms with Crippen molar-refractivity contribution in [2.75, 3.05) is 19.8 Å². The predicted octanol–water partition coefficient (Wildman–Crippen LogP) is 6.01. The van der Waals surface area contributed by atoms with E-state index in [1.807, 2.05) is 20.8 Å². The lowest BCUT2D eigenvalue weighted by atomic mass is 10.1. The summed E-state index contributed by atoms with van der Waals surface area (Å²) in [6.45, 7) is 12.3. The molecule has 0 fully saturated rings. The van der Waals surface area contributed by atoms with Crippen LogP contribution < -0.4 is 11.5 Å². The maximum Gasteiger partial charge on any atom is 0.500 e. The zero-order valence-corrected chi connectivity index (χ0v) is 25.2. The lowest BCUT2D eigenvalue weighted by molar-refractivity contribution is -0.137. The third-order valence-electron chi connectivity index (χ3n) is 4.14. The van der Waals surface area contributed by atoms with E-state index in [4.69, 9.17) is 28.6 Å². The molecule has 0 aromatic heterocycles. The Morgan fingerprint density at radius 3 is 1.23 bits per heavy atom. The minimum absolute atomic E-state index is 0.343. The van der Waals surface area contributed by atoms with Gasteiger partial charge in [-0.25, -0.2) is 0 Å². The van der Waals surface area contributed by atoms with Crippen molar-refractivity contribution >= 4 is 49.6 Å². The summed E-state index contributed by atoms with van der Waals surface area (Å²) in [6.07, 6.45) is 12.5. The van der Waals surface area contributed by atoms with Crippen LogP contribution in [0, 0.1) is 0 Å². The van der Waals surface area contributed by atoms with Crippen LogP contribution in [0.1, 0.15) is 105 Å². The van der Waals surface area contributed by atoms with Crippen molar-refractivity contribution in [2.24, 2.45) is 11.5 Å². The molecule has 12 heteroatoms. The Balaban J connectivity index is -0.000000210. The Kier molecular flexibility index (Phi) is 38.7. The van der Waals surface area contributed by atoms with Crippen molar-refractivity contribution < 1.29 is 33.4 Å². The number of hydrogen-bond donors (Lipinski definition) is 5. The van der Waals surface area contributed by atoms with Gasteiger partial charge in [0.05, 0.1) is 0 Å². The fraction of sp³-hybridized carbons (Fsp3) is 0.870. The first-order chi connectivity index (χ1) is 16.5. The molecular weight excluding hydrogens is 508 g/mol. The lowest BCUT2D eigenvalue weighted by Gasteiger charge is -2.27. The quantitative estimate of drug-likeness (QED) is 0.0759. The maximum absolute atomic E-state index is 10.2. The summed E-state index contributed by atoms with van der Waals surface area (Å²) in [4.78, 5) is 10.2. The number of aliphatic hydroxyl groups is 2. The topological polar surface area (TPSA) is 157 Å². The summed E-state index contributed by atoms with van der Waals surface area (Å²) >= 11 is 7.74. The summed E-state index contributed by atoms with van der Waals surface area (Å²) < 4.78 is 16.9.